The predicted molar refractivity (Wildman–Crippen MR) is 104 cm³/mol. The molecule has 1 aliphatic heterocycles. The van der Waals surface area contributed by atoms with Crippen LogP contribution in [0.3, 0.4) is 0 Å². The number of thiazole rings is 1. The maximum absolute atomic E-state index is 13.1. The van der Waals surface area contributed by atoms with Gasteiger partial charge in [0.2, 0.25) is 0 Å². The van der Waals surface area contributed by atoms with E-state index in [0.717, 1.165) is 10.4 Å². The minimum Gasteiger partial charge on any atom is -0.508 e. The highest BCUT2D eigenvalue weighted by Crippen LogP contribution is 2.32. The van der Waals surface area contributed by atoms with Crippen LogP contribution < -0.4 is 14.9 Å². The molecule has 2 N–H and O–H groups in total. The summed E-state index contributed by atoms with van der Waals surface area (Å²) in [7, 11) is 0. The zero-order valence-electron chi connectivity index (χ0n) is 14.1. The second kappa shape index (κ2) is 6.64. The number of carbonyl (C=O) groups is 1. The molecule has 8 heteroatoms. The lowest BCUT2D eigenvalue weighted by Gasteiger charge is -2.21. The van der Waals surface area contributed by atoms with Gasteiger partial charge < -0.3 is 10.2 Å². The number of thiophene rings is 1. The van der Waals surface area contributed by atoms with Crippen LogP contribution in [-0.2, 0) is 4.79 Å². The smallest absolute Gasteiger partial charge is 0.335 e. The maximum atomic E-state index is 13.1. The van der Waals surface area contributed by atoms with Gasteiger partial charge in [0, 0.05) is 4.88 Å². The Bertz CT molecular complexity index is 1230. The first-order valence-corrected chi connectivity index (χ1v) is 9.73. The van der Waals surface area contributed by atoms with Gasteiger partial charge in [-0.15, -0.1) is 11.3 Å². The van der Waals surface area contributed by atoms with E-state index < -0.39 is 12.0 Å². The van der Waals surface area contributed by atoms with Crippen LogP contribution in [0.2, 0.25) is 0 Å². The Morgan fingerprint density at radius 1 is 1.26 bits per heavy atom. The van der Waals surface area contributed by atoms with Gasteiger partial charge >= 0.3 is 5.97 Å². The van der Waals surface area contributed by atoms with Crippen molar-refractivity contribution in [1.29, 1.82) is 0 Å². The van der Waals surface area contributed by atoms with Gasteiger partial charge in [0.05, 0.1) is 15.8 Å². The summed E-state index contributed by atoms with van der Waals surface area (Å²) < 4.78 is 1.92. The fourth-order valence-corrected chi connectivity index (χ4v) is 4.90. The van der Waals surface area contributed by atoms with Crippen molar-refractivity contribution in [2.24, 2.45) is 4.99 Å². The van der Waals surface area contributed by atoms with Crippen molar-refractivity contribution in [2.45, 2.75) is 13.0 Å². The Morgan fingerprint density at radius 2 is 2.00 bits per heavy atom. The van der Waals surface area contributed by atoms with Crippen molar-refractivity contribution in [3.05, 3.63) is 83.2 Å². The molecule has 0 aliphatic carbocycles. The summed E-state index contributed by atoms with van der Waals surface area (Å²) in [5.41, 5.74) is 0.996. The number of hydrogen-bond acceptors (Lipinski definition) is 6. The number of fused-ring (bicyclic) bond motifs is 1. The van der Waals surface area contributed by atoms with Gasteiger partial charge in [0.1, 0.15) is 11.8 Å². The molecule has 0 fully saturated rings. The Hall–Kier alpha value is -2.97. The molecule has 6 nitrogen and oxygen atoms in total. The molecule has 0 radical (unpaired) electrons. The van der Waals surface area contributed by atoms with Crippen LogP contribution in [0.25, 0.3) is 6.08 Å². The van der Waals surface area contributed by atoms with Crippen molar-refractivity contribution < 1.29 is 15.0 Å². The van der Waals surface area contributed by atoms with Crippen LogP contribution >= 0.6 is 22.7 Å². The second-order valence-corrected chi connectivity index (χ2v) is 7.98. The molecule has 0 spiro atoms. The third kappa shape index (κ3) is 3.02. The standard InChI is InChI=1S/C19H14N2O4S2/c1-10-15(18(24)25)16(13-3-2-8-26-13)21-17(23)14(27-19(21)20-10)9-11-4-6-12(22)7-5-11/h2-9,16,22H,1H3,(H,24,25)/b14-9-. The molecule has 0 bridgehead atoms. The second-order valence-electron chi connectivity index (χ2n) is 5.99. The lowest BCUT2D eigenvalue weighted by molar-refractivity contribution is -0.133. The van der Waals surface area contributed by atoms with Gasteiger partial charge in [-0.2, -0.15) is 0 Å². The number of aliphatic carboxylic acids is 1. The molecule has 0 saturated heterocycles. The first-order valence-electron chi connectivity index (χ1n) is 8.04. The van der Waals surface area contributed by atoms with Crippen LogP contribution in [0.4, 0.5) is 0 Å². The van der Waals surface area contributed by atoms with E-state index in [2.05, 4.69) is 4.99 Å². The van der Waals surface area contributed by atoms with E-state index in [1.807, 2.05) is 17.5 Å². The number of phenols is 1. The highest BCUT2D eigenvalue weighted by atomic mass is 32.1. The van der Waals surface area contributed by atoms with Crippen LogP contribution in [0.5, 0.6) is 5.75 Å². The van der Waals surface area contributed by atoms with Crippen LogP contribution in [-0.4, -0.2) is 20.7 Å². The molecule has 1 atom stereocenters. The molecule has 0 amide bonds. The number of carboxylic acids is 1. The molecule has 2 aromatic heterocycles. The summed E-state index contributed by atoms with van der Waals surface area (Å²) in [6, 6.07) is 9.47. The largest absolute Gasteiger partial charge is 0.508 e. The van der Waals surface area contributed by atoms with Crippen molar-refractivity contribution in [3.8, 4) is 5.75 Å². The summed E-state index contributed by atoms with van der Waals surface area (Å²) in [6.07, 6.45) is 1.72. The van der Waals surface area contributed by atoms with Gasteiger partial charge in [-0.05, 0) is 42.1 Å². The summed E-state index contributed by atoms with van der Waals surface area (Å²) in [5.74, 6) is -0.935. The quantitative estimate of drug-likeness (QED) is 0.707. The number of rotatable bonds is 3. The number of aromatic hydroxyl groups is 1. The summed E-state index contributed by atoms with van der Waals surface area (Å²) in [6.45, 7) is 1.65. The van der Waals surface area contributed by atoms with E-state index >= 15 is 0 Å². The van der Waals surface area contributed by atoms with Crippen LogP contribution in [0.15, 0.2) is 62.8 Å². The number of aromatic nitrogens is 1. The van der Waals surface area contributed by atoms with Crippen molar-refractivity contribution in [1.82, 2.24) is 4.57 Å². The van der Waals surface area contributed by atoms with E-state index in [1.54, 1.807) is 37.3 Å². The monoisotopic (exact) mass is 398 g/mol. The Balaban J connectivity index is 1.97. The average molecular weight is 398 g/mol. The molecule has 136 valence electrons. The summed E-state index contributed by atoms with van der Waals surface area (Å²) in [5, 5.41) is 21.0. The third-order valence-corrected chi connectivity index (χ3v) is 6.16. The minimum atomic E-state index is -1.08. The van der Waals surface area contributed by atoms with E-state index in [0.29, 0.717) is 15.0 Å². The molecule has 27 heavy (non-hydrogen) atoms. The fraction of sp³-hybridized carbons (Fsp3) is 0.105. The van der Waals surface area contributed by atoms with Gasteiger partial charge in [-0.25, -0.2) is 9.79 Å². The molecule has 3 heterocycles. The molecular formula is C19H14N2O4S2. The predicted octanol–water partition coefficient (Wildman–Crippen LogP) is 2.09. The summed E-state index contributed by atoms with van der Waals surface area (Å²) >= 11 is 2.63. The Labute approximate surface area is 161 Å². The normalized spacial score (nSPS) is 16.9. The minimum absolute atomic E-state index is 0.112. The van der Waals surface area contributed by atoms with Gasteiger partial charge in [-0.1, -0.05) is 29.5 Å². The Kier molecular flexibility index (Phi) is 4.29. The number of carboxylic acid groups (broad SMARTS) is 1. The average Bonchev–Trinajstić information content (AvgIpc) is 3.25. The van der Waals surface area contributed by atoms with Gasteiger partial charge in [0.25, 0.3) is 5.56 Å². The van der Waals surface area contributed by atoms with Crippen LogP contribution in [0.1, 0.15) is 23.4 Å². The van der Waals surface area contributed by atoms with Gasteiger partial charge in [-0.3, -0.25) is 9.36 Å². The summed E-state index contributed by atoms with van der Waals surface area (Å²) in [4.78, 5) is 30.6. The molecule has 1 aliphatic rings. The SMILES string of the molecule is CC1=C(C(=O)O)C(c2cccs2)n2c(s/c(=C\c3ccc(O)cc3)c2=O)=N1. The number of nitrogens with zero attached hydrogens (tertiary/aromatic N) is 2. The van der Waals surface area contributed by atoms with Crippen LogP contribution in [0, 0.1) is 0 Å². The third-order valence-electron chi connectivity index (χ3n) is 4.26. The van der Waals surface area contributed by atoms with E-state index in [-0.39, 0.29) is 16.9 Å². The van der Waals surface area contributed by atoms with Crippen molar-refractivity contribution in [2.75, 3.05) is 0 Å². The van der Waals surface area contributed by atoms with Crippen molar-refractivity contribution in [3.63, 3.8) is 0 Å². The molecule has 4 rings (SSSR count). The topological polar surface area (TPSA) is 91.9 Å². The molecule has 1 aromatic carbocycles. The molecule has 1 unspecified atom stereocenters. The Morgan fingerprint density at radius 3 is 2.63 bits per heavy atom. The lowest BCUT2D eigenvalue weighted by Crippen LogP contribution is -2.39. The highest BCUT2D eigenvalue weighted by Gasteiger charge is 2.32. The van der Waals surface area contributed by atoms with Crippen molar-refractivity contribution >= 4 is 34.7 Å². The number of phenolic OH excluding ortho intramolecular Hbond substituents is 1. The first-order chi connectivity index (χ1) is 13.0. The molecular weight excluding hydrogens is 384 g/mol. The fourth-order valence-electron chi connectivity index (χ4n) is 3.03. The zero-order valence-corrected chi connectivity index (χ0v) is 15.8. The zero-order chi connectivity index (χ0) is 19.1. The van der Waals surface area contributed by atoms with E-state index in [9.17, 15) is 19.8 Å². The van der Waals surface area contributed by atoms with Gasteiger partial charge in [0.15, 0.2) is 4.80 Å². The lowest BCUT2D eigenvalue weighted by atomic mass is 10.0. The van der Waals surface area contributed by atoms with E-state index in [1.165, 1.54) is 27.2 Å². The van der Waals surface area contributed by atoms with E-state index in [4.69, 9.17) is 0 Å². The maximum Gasteiger partial charge on any atom is 0.335 e. The number of benzene rings is 1. The number of allylic oxidation sites excluding steroid dienone is 1. The molecule has 0 saturated carbocycles. The number of hydrogen-bond donors (Lipinski definition) is 2. The molecule has 3 aromatic rings. The highest BCUT2D eigenvalue weighted by molar-refractivity contribution is 7.10. The first kappa shape index (κ1) is 17.4.